The van der Waals surface area contributed by atoms with Crippen molar-refractivity contribution in [2.24, 2.45) is 5.92 Å². The second-order valence-corrected chi connectivity index (χ2v) is 7.87. The standard InChI is InChI=1S/C17H33N3O5/c1-10(2)12(20-16(24)25-17(3,4)5)13(21)15(23)19-11-8-6-7-9-18-14(11)22/h10-14,18,21-22H,6-9H2,1-5H3,(H,19,23)(H,20,24)/t11-,12-,13+,14?/m0/s1. The monoisotopic (exact) mass is 359 g/mol. The number of amides is 2. The van der Waals surface area contributed by atoms with Crippen LogP contribution in [0, 0.1) is 5.92 Å². The third kappa shape index (κ3) is 7.58. The smallest absolute Gasteiger partial charge is 0.407 e. The molecule has 146 valence electrons. The highest BCUT2D eigenvalue weighted by molar-refractivity contribution is 5.82. The molecule has 8 nitrogen and oxygen atoms in total. The Morgan fingerprint density at radius 3 is 2.44 bits per heavy atom. The molecule has 1 aliphatic heterocycles. The fourth-order valence-corrected chi connectivity index (χ4v) is 2.68. The number of hydrogen-bond donors (Lipinski definition) is 5. The Bertz CT molecular complexity index is 450. The molecule has 0 aromatic carbocycles. The SMILES string of the molecule is CC(C)[C@H](NC(=O)OC(C)(C)C)[C@@H](O)C(=O)N[C@H]1CCCCNC1O. The summed E-state index contributed by atoms with van der Waals surface area (Å²) in [4.78, 5) is 24.4. The van der Waals surface area contributed by atoms with Gasteiger partial charge in [0.15, 0.2) is 6.10 Å². The highest BCUT2D eigenvalue weighted by Crippen LogP contribution is 2.13. The van der Waals surface area contributed by atoms with E-state index in [1.165, 1.54) is 0 Å². The first-order valence-corrected chi connectivity index (χ1v) is 8.90. The maximum Gasteiger partial charge on any atom is 0.407 e. The fourth-order valence-electron chi connectivity index (χ4n) is 2.68. The van der Waals surface area contributed by atoms with Gasteiger partial charge in [0.1, 0.15) is 11.8 Å². The average Bonchev–Trinajstić information content (AvgIpc) is 2.67. The Kier molecular flexibility index (Phi) is 8.11. The number of nitrogens with one attached hydrogen (secondary N) is 3. The number of carbonyl (C=O) groups is 2. The summed E-state index contributed by atoms with van der Waals surface area (Å²) < 4.78 is 5.19. The highest BCUT2D eigenvalue weighted by atomic mass is 16.6. The molecule has 0 aromatic rings. The molecule has 0 bridgehead atoms. The van der Waals surface area contributed by atoms with Crippen molar-refractivity contribution in [1.29, 1.82) is 0 Å². The summed E-state index contributed by atoms with van der Waals surface area (Å²) in [6.07, 6.45) is -0.569. The zero-order chi connectivity index (χ0) is 19.2. The molecule has 0 aliphatic carbocycles. The van der Waals surface area contributed by atoms with E-state index in [0.29, 0.717) is 13.0 Å². The summed E-state index contributed by atoms with van der Waals surface area (Å²) in [6.45, 7) is 9.48. The lowest BCUT2D eigenvalue weighted by atomic mass is 9.97. The molecule has 0 spiro atoms. The topological polar surface area (TPSA) is 120 Å². The largest absolute Gasteiger partial charge is 0.444 e. The van der Waals surface area contributed by atoms with E-state index >= 15 is 0 Å². The van der Waals surface area contributed by atoms with Gasteiger partial charge in [0.25, 0.3) is 5.91 Å². The van der Waals surface area contributed by atoms with Gasteiger partial charge in [-0.1, -0.05) is 13.8 Å². The predicted molar refractivity (Wildman–Crippen MR) is 93.8 cm³/mol. The van der Waals surface area contributed by atoms with E-state index < -0.39 is 42.0 Å². The molecule has 1 heterocycles. The van der Waals surface area contributed by atoms with Gasteiger partial charge in [-0.05, 0) is 52.5 Å². The van der Waals surface area contributed by atoms with Crippen LogP contribution in [-0.2, 0) is 9.53 Å². The van der Waals surface area contributed by atoms with E-state index in [1.54, 1.807) is 34.6 Å². The van der Waals surface area contributed by atoms with Crippen LogP contribution < -0.4 is 16.0 Å². The molecule has 8 heteroatoms. The maximum absolute atomic E-state index is 12.4. The van der Waals surface area contributed by atoms with Crippen molar-refractivity contribution >= 4 is 12.0 Å². The van der Waals surface area contributed by atoms with Crippen molar-refractivity contribution < 1.29 is 24.5 Å². The number of carbonyl (C=O) groups excluding carboxylic acids is 2. The van der Waals surface area contributed by atoms with Gasteiger partial charge in [0, 0.05) is 0 Å². The molecule has 0 saturated carbocycles. The molecule has 1 unspecified atom stereocenters. The van der Waals surface area contributed by atoms with Crippen LogP contribution in [0.3, 0.4) is 0 Å². The lowest BCUT2D eigenvalue weighted by Gasteiger charge is -2.30. The molecular weight excluding hydrogens is 326 g/mol. The van der Waals surface area contributed by atoms with Gasteiger partial charge in [-0.3, -0.25) is 10.1 Å². The molecule has 2 amide bonds. The van der Waals surface area contributed by atoms with Crippen LogP contribution in [0.5, 0.6) is 0 Å². The third-order valence-electron chi connectivity index (χ3n) is 4.01. The van der Waals surface area contributed by atoms with Crippen LogP contribution in [-0.4, -0.2) is 58.8 Å². The van der Waals surface area contributed by atoms with E-state index in [-0.39, 0.29) is 5.92 Å². The third-order valence-corrected chi connectivity index (χ3v) is 4.01. The molecule has 1 rings (SSSR count). The summed E-state index contributed by atoms with van der Waals surface area (Å²) in [5.41, 5.74) is -0.672. The molecular formula is C17H33N3O5. The molecule has 1 aliphatic rings. The number of aliphatic hydroxyl groups is 2. The van der Waals surface area contributed by atoms with E-state index in [1.807, 2.05) is 0 Å². The highest BCUT2D eigenvalue weighted by Gasteiger charge is 2.33. The van der Waals surface area contributed by atoms with Crippen molar-refractivity contribution in [3.05, 3.63) is 0 Å². The van der Waals surface area contributed by atoms with Gasteiger partial charge in [0.05, 0.1) is 12.1 Å². The molecule has 1 saturated heterocycles. The minimum absolute atomic E-state index is 0.189. The van der Waals surface area contributed by atoms with Crippen molar-refractivity contribution in [1.82, 2.24) is 16.0 Å². The normalized spacial score (nSPS) is 24.2. The van der Waals surface area contributed by atoms with Crippen LogP contribution in [0.15, 0.2) is 0 Å². The van der Waals surface area contributed by atoms with Gasteiger partial charge in [-0.15, -0.1) is 0 Å². The zero-order valence-corrected chi connectivity index (χ0v) is 15.8. The number of alkyl carbamates (subject to hydrolysis) is 1. The van der Waals surface area contributed by atoms with E-state index in [0.717, 1.165) is 12.8 Å². The first kappa shape index (κ1) is 21.7. The summed E-state index contributed by atoms with van der Waals surface area (Å²) >= 11 is 0. The second-order valence-electron chi connectivity index (χ2n) is 7.87. The molecule has 25 heavy (non-hydrogen) atoms. The Hall–Kier alpha value is -1.38. The molecule has 0 aromatic heterocycles. The maximum atomic E-state index is 12.4. The fraction of sp³-hybridized carbons (Fsp3) is 0.882. The lowest BCUT2D eigenvalue weighted by molar-refractivity contribution is -0.133. The van der Waals surface area contributed by atoms with Gasteiger partial charge in [-0.25, -0.2) is 4.79 Å². The zero-order valence-electron chi connectivity index (χ0n) is 15.8. The quantitative estimate of drug-likeness (QED) is 0.487. The van der Waals surface area contributed by atoms with Crippen molar-refractivity contribution in [2.75, 3.05) is 6.54 Å². The lowest BCUT2D eigenvalue weighted by Crippen LogP contribution is -2.57. The van der Waals surface area contributed by atoms with E-state index in [4.69, 9.17) is 4.74 Å². The minimum Gasteiger partial charge on any atom is -0.444 e. The number of rotatable bonds is 5. The average molecular weight is 359 g/mol. The van der Waals surface area contributed by atoms with Crippen molar-refractivity contribution in [3.63, 3.8) is 0 Å². The van der Waals surface area contributed by atoms with Crippen molar-refractivity contribution in [3.8, 4) is 0 Å². The first-order chi connectivity index (χ1) is 11.5. The Morgan fingerprint density at radius 1 is 1.24 bits per heavy atom. The van der Waals surface area contributed by atoms with Gasteiger partial charge >= 0.3 is 6.09 Å². The first-order valence-electron chi connectivity index (χ1n) is 8.90. The molecule has 0 radical (unpaired) electrons. The Morgan fingerprint density at radius 2 is 1.88 bits per heavy atom. The second kappa shape index (κ2) is 9.35. The summed E-state index contributed by atoms with van der Waals surface area (Å²) in [7, 11) is 0. The van der Waals surface area contributed by atoms with Crippen LogP contribution in [0.2, 0.25) is 0 Å². The summed E-state index contributed by atoms with van der Waals surface area (Å²) in [5, 5.41) is 28.6. The van der Waals surface area contributed by atoms with Crippen LogP contribution in [0.1, 0.15) is 53.9 Å². The summed E-state index contributed by atoms with van der Waals surface area (Å²) in [6, 6.07) is -1.27. The molecule has 4 atom stereocenters. The summed E-state index contributed by atoms with van der Waals surface area (Å²) in [5.74, 6) is -0.812. The number of hydrogen-bond acceptors (Lipinski definition) is 6. The van der Waals surface area contributed by atoms with E-state index in [2.05, 4.69) is 16.0 Å². The molecule has 5 N–H and O–H groups in total. The number of aliphatic hydroxyl groups excluding tert-OH is 2. The van der Waals surface area contributed by atoms with Crippen molar-refractivity contribution in [2.45, 2.75) is 83.9 Å². The Balaban J connectivity index is 2.68. The minimum atomic E-state index is -1.44. The van der Waals surface area contributed by atoms with Gasteiger partial charge < -0.3 is 25.6 Å². The number of ether oxygens (including phenoxy) is 1. The van der Waals surface area contributed by atoms with E-state index in [9.17, 15) is 19.8 Å². The molecule has 1 fully saturated rings. The predicted octanol–water partition coefficient (Wildman–Crippen LogP) is 0.473. The van der Waals surface area contributed by atoms with Crippen LogP contribution >= 0.6 is 0 Å². The van der Waals surface area contributed by atoms with Crippen LogP contribution in [0.4, 0.5) is 4.79 Å². The van der Waals surface area contributed by atoms with Crippen LogP contribution in [0.25, 0.3) is 0 Å². The van der Waals surface area contributed by atoms with Gasteiger partial charge in [0.2, 0.25) is 0 Å². The Labute approximate surface area is 149 Å². The van der Waals surface area contributed by atoms with Gasteiger partial charge in [-0.2, -0.15) is 0 Å².